The van der Waals surface area contributed by atoms with Crippen LogP contribution < -0.4 is 19.6 Å². The first-order chi connectivity index (χ1) is 13.6. The number of methoxy groups -OCH3 is 1. The minimum atomic E-state index is -0.770. The lowest BCUT2D eigenvalue weighted by molar-refractivity contribution is -0.130. The summed E-state index contributed by atoms with van der Waals surface area (Å²) in [5.41, 5.74) is 3.31. The van der Waals surface area contributed by atoms with Crippen molar-refractivity contribution in [1.29, 1.82) is 0 Å². The first-order valence-electron chi connectivity index (χ1n) is 8.63. The topological polar surface area (TPSA) is 69.2 Å². The average Bonchev–Trinajstić information content (AvgIpc) is 2.72. The van der Waals surface area contributed by atoms with Gasteiger partial charge < -0.3 is 14.2 Å². The molecule has 142 valence electrons. The third-order valence-corrected chi connectivity index (χ3v) is 4.95. The third-order valence-electron chi connectivity index (χ3n) is 4.33. The fourth-order valence-corrected chi connectivity index (χ4v) is 3.45. The van der Waals surface area contributed by atoms with Crippen molar-refractivity contribution in [3.8, 4) is 17.2 Å². The molecule has 4 rings (SSSR count). The van der Waals surface area contributed by atoms with Gasteiger partial charge in [-0.05, 0) is 62.6 Å². The second-order valence-corrected chi connectivity index (χ2v) is 7.05. The molecule has 0 saturated carbocycles. The van der Waals surface area contributed by atoms with E-state index in [0.717, 1.165) is 26.6 Å². The zero-order chi connectivity index (χ0) is 19.5. The van der Waals surface area contributed by atoms with Crippen molar-refractivity contribution in [2.45, 2.75) is 6.10 Å². The number of rotatable bonds is 4. The summed E-state index contributed by atoms with van der Waals surface area (Å²) >= 11 is 3.41. The van der Waals surface area contributed by atoms with E-state index >= 15 is 0 Å². The van der Waals surface area contributed by atoms with Gasteiger partial charge in [0.2, 0.25) is 6.10 Å². The zero-order valence-electron chi connectivity index (χ0n) is 15.0. The molecule has 1 aliphatic heterocycles. The molecule has 0 saturated heterocycles. The van der Waals surface area contributed by atoms with Crippen LogP contribution in [-0.4, -0.2) is 31.9 Å². The molecule has 7 heteroatoms. The van der Waals surface area contributed by atoms with Gasteiger partial charge in [-0.15, -0.1) is 0 Å². The first kappa shape index (κ1) is 18.3. The van der Waals surface area contributed by atoms with Crippen molar-refractivity contribution in [3.63, 3.8) is 0 Å². The monoisotopic (exact) mass is 440 g/mol. The van der Waals surface area contributed by atoms with Crippen molar-refractivity contribution in [2.75, 3.05) is 13.7 Å². The second-order valence-electron chi connectivity index (χ2n) is 6.19. The normalized spacial score (nSPS) is 15.6. The van der Waals surface area contributed by atoms with Gasteiger partial charge in [0, 0.05) is 0 Å². The van der Waals surface area contributed by atoms with E-state index in [1.807, 2.05) is 54.6 Å². The van der Waals surface area contributed by atoms with E-state index in [0.29, 0.717) is 11.5 Å². The van der Waals surface area contributed by atoms with E-state index in [9.17, 15) is 4.79 Å². The Hall–Kier alpha value is -3.06. The Morgan fingerprint density at radius 1 is 1.18 bits per heavy atom. The highest BCUT2D eigenvalue weighted by molar-refractivity contribution is 9.10. The number of carbonyl (C=O) groups excluding carboxylic acids is 1. The molecule has 6 nitrogen and oxygen atoms in total. The summed E-state index contributed by atoms with van der Waals surface area (Å²) in [5.74, 6) is 1.53. The van der Waals surface area contributed by atoms with Gasteiger partial charge in [-0.1, -0.05) is 24.3 Å². The molecule has 0 radical (unpaired) electrons. The largest absolute Gasteiger partial charge is 0.496 e. The number of hydrogen-bond acceptors (Lipinski definition) is 5. The van der Waals surface area contributed by atoms with Gasteiger partial charge in [0.15, 0.2) is 11.5 Å². The van der Waals surface area contributed by atoms with Crippen LogP contribution in [0.15, 0.2) is 64.2 Å². The molecule has 0 aromatic heterocycles. The van der Waals surface area contributed by atoms with E-state index < -0.39 is 6.10 Å². The Morgan fingerprint density at radius 3 is 2.64 bits per heavy atom. The summed E-state index contributed by atoms with van der Waals surface area (Å²) in [7, 11) is 1.60. The van der Waals surface area contributed by atoms with Gasteiger partial charge in [0.25, 0.3) is 5.91 Å². The minimum absolute atomic E-state index is 0.126. The molecule has 3 aromatic rings. The van der Waals surface area contributed by atoms with E-state index in [2.05, 4.69) is 26.5 Å². The van der Waals surface area contributed by atoms with E-state index in [1.54, 1.807) is 13.3 Å². The number of carbonyl (C=O) groups is 1. The summed E-state index contributed by atoms with van der Waals surface area (Å²) in [6, 6.07) is 17.2. The predicted octanol–water partition coefficient (Wildman–Crippen LogP) is 3.90. The molecule has 0 fully saturated rings. The van der Waals surface area contributed by atoms with E-state index in [-0.39, 0.29) is 12.5 Å². The number of benzene rings is 3. The maximum atomic E-state index is 12.4. The quantitative estimate of drug-likeness (QED) is 0.493. The van der Waals surface area contributed by atoms with Crippen LogP contribution in [-0.2, 0) is 4.79 Å². The van der Waals surface area contributed by atoms with Crippen LogP contribution >= 0.6 is 15.9 Å². The highest BCUT2D eigenvalue weighted by atomic mass is 79.9. The van der Waals surface area contributed by atoms with E-state index in [4.69, 9.17) is 14.2 Å². The fraction of sp³-hybridized carbons (Fsp3) is 0.143. The Bertz CT molecular complexity index is 1070. The van der Waals surface area contributed by atoms with Gasteiger partial charge in [-0.3, -0.25) is 4.79 Å². The van der Waals surface area contributed by atoms with Gasteiger partial charge in [-0.25, -0.2) is 5.43 Å². The lowest BCUT2D eigenvalue weighted by atomic mass is 10.1. The second kappa shape index (κ2) is 7.90. The Kier molecular flexibility index (Phi) is 5.16. The summed E-state index contributed by atoms with van der Waals surface area (Å²) in [5, 5.41) is 6.08. The van der Waals surface area contributed by atoms with Crippen LogP contribution in [0.3, 0.4) is 0 Å². The van der Waals surface area contributed by atoms with Crippen LogP contribution in [0.2, 0.25) is 0 Å². The van der Waals surface area contributed by atoms with Crippen molar-refractivity contribution >= 4 is 38.8 Å². The maximum absolute atomic E-state index is 12.4. The number of amides is 1. The minimum Gasteiger partial charge on any atom is -0.496 e. The first-order valence-corrected chi connectivity index (χ1v) is 9.42. The van der Waals surface area contributed by atoms with Gasteiger partial charge >= 0.3 is 0 Å². The van der Waals surface area contributed by atoms with Gasteiger partial charge in [-0.2, -0.15) is 5.10 Å². The third kappa shape index (κ3) is 3.80. The van der Waals surface area contributed by atoms with Crippen LogP contribution in [0.4, 0.5) is 0 Å². The number of hydrogen-bond donors (Lipinski definition) is 1. The standard InChI is InChI=1S/C21H17BrN2O4/c1-26-17-7-6-13(8-16(17)22)11-23-24-21(25)20-12-27-18-9-14-4-2-3-5-15(14)10-19(18)28-20/h2-11,20H,12H2,1H3,(H,24,25). The lowest BCUT2D eigenvalue weighted by Gasteiger charge is -2.25. The van der Waals surface area contributed by atoms with Crippen LogP contribution in [0, 0.1) is 0 Å². The molecule has 3 aromatic carbocycles. The summed E-state index contributed by atoms with van der Waals surface area (Å²) in [6.07, 6.45) is 0.779. The number of fused-ring (bicyclic) bond motifs is 2. The highest BCUT2D eigenvalue weighted by Gasteiger charge is 2.27. The van der Waals surface area contributed by atoms with Crippen LogP contribution in [0.1, 0.15) is 5.56 Å². The molecule has 1 unspecified atom stereocenters. The molecule has 1 aliphatic rings. The zero-order valence-corrected chi connectivity index (χ0v) is 16.6. The molecular weight excluding hydrogens is 424 g/mol. The molecule has 0 aliphatic carbocycles. The van der Waals surface area contributed by atoms with Crippen molar-refractivity contribution in [1.82, 2.24) is 5.43 Å². The van der Waals surface area contributed by atoms with Gasteiger partial charge in [0.1, 0.15) is 12.4 Å². The Morgan fingerprint density at radius 2 is 1.93 bits per heavy atom. The van der Waals surface area contributed by atoms with Crippen molar-refractivity contribution in [2.24, 2.45) is 5.10 Å². The molecule has 1 atom stereocenters. The molecule has 28 heavy (non-hydrogen) atoms. The lowest BCUT2D eigenvalue weighted by Crippen LogP contribution is -2.42. The van der Waals surface area contributed by atoms with Crippen molar-refractivity contribution in [3.05, 3.63) is 64.6 Å². The van der Waals surface area contributed by atoms with Crippen LogP contribution in [0.25, 0.3) is 10.8 Å². The average molecular weight is 441 g/mol. The van der Waals surface area contributed by atoms with Gasteiger partial charge in [0.05, 0.1) is 17.8 Å². The predicted molar refractivity (Wildman–Crippen MR) is 110 cm³/mol. The maximum Gasteiger partial charge on any atom is 0.284 e. The number of halogens is 1. The SMILES string of the molecule is COc1ccc(C=NNC(=O)C2COc3cc4ccccc4cc3O2)cc1Br. The number of hydrazone groups is 1. The number of ether oxygens (including phenoxy) is 3. The Balaban J connectivity index is 1.42. The smallest absolute Gasteiger partial charge is 0.284 e. The molecule has 0 spiro atoms. The fourth-order valence-electron chi connectivity index (χ4n) is 2.89. The summed E-state index contributed by atoms with van der Waals surface area (Å²) in [4.78, 5) is 12.4. The molecule has 1 heterocycles. The summed E-state index contributed by atoms with van der Waals surface area (Å²) in [6.45, 7) is 0.126. The molecule has 0 bridgehead atoms. The molecule has 1 amide bonds. The molecule has 1 N–H and O–H groups in total. The number of nitrogens with one attached hydrogen (secondary N) is 1. The highest BCUT2D eigenvalue weighted by Crippen LogP contribution is 2.35. The Labute approximate surface area is 170 Å². The summed E-state index contributed by atoms with van der Waals surface area (Å²) < 4.78 is 17.5. The van der Waals surface area contributed by atoms with Crippen LogP contribution in [0.5, 0.6) is 17.2 Å². The molecular formula is C21H17BrN2O4. The van der Waals surface area contributed by atoms with Crippen molar-refractivity contribution < 1.29 is 19.0 Å². The van der Waals surface area contributed by atoms with E-state index in [1.165, 1.54) is 0 Å². The number of nitrogens with zero attached hydrogens (tertiary/aromatic N) is 1.